The van der Waals surface area contributed by atoms with Crippen molar-refractivity contribution in [2.75, 3.05) is 22.6 Å². The van der Waals surface area contributed by atoms with Gasteiger partial charge in [0.05, 0.1) is 22.3 Å². The highest BCUT2D eigenvalue weighted by Gasteiger charge is 2.37. The van der Waals surface area contributed by atoms with Crippen LogP contribution in [-0.4, -0.2) is 39.1 Å². The van der Waals surface area contributed by atoms with Gasteiger partial charge in [0.2, 0.25) is 11.8 Å². The number of benzene rings is 2. The van der Waals surface area contributed by atoms with Gasteiger partial charge in [0.1, 0.15) is 0 Å². The fourth-order valence-electron chi connectivity index (χ4n) is 3.78. The zero-order valence-electron chi connectivity index (χ0n) is 18.3. The minimum absolute atomic E-state index is 0.0108. The van der Waals surface area contributed by atoms with E-state index in [1.807, 2.05) is 45.9 Å². The number of hydrogen-bond donors (Lipinski definition) is 0. The van der Waals surface area contributed by atoms with Crippen molar-refractivity contribution in [3.05, 3.63) is 42.5 Å². The summed E-state index contributed by atoms with van der Waals surface area (Å²) >= 11 is 0. The third kappa shape index (κ3) is 4.12. The lowest BCUT2D eigenvalue weighted by Gasteiger charge is -2.42. The Kier molecular flexibility index (Phi) is 5.54. The molecule has 2 aromatic rings. The average molecular weight is 429 g/mol. The average Bonchev–Trinajstić information content (AvgIpc) is 2.64. The second-order valence-electron chi connectivity index (χ2n) is 8.90. The van der Waals surface area contributed by atoms with Gasteiger partial charge < -0.3 is 9.80 Å². The molecule has 3 rings (SSSR count). The van der Waals surface area contributed by atoms with Gasteiger partial charge in [-0.25, -0.2) is 8.42 Å². The molecule has 0 bridgehead atoms. The third-order valence-corrected chi connectivity index (χ3v) is 6.38. The number of hydrogen-bond acceptors (Lipinski definition) is 4. The van der Waals surface area contributed by atoms with E-state index < -0.39 is 15.3 Å². The first-order chi connectivity index (χ1) is 13.8. The van der Waals surface area contributed by atoms with Crippen molar-refractivity contribution >= 4 is 33.0 Å². The number of anilines is 2. The van der Waals surface area contributed by atoms with E-state index in [0.717, 1.165) is 11.1 Å². The lowest BCUT2D eigenvalue weighted by molar-refractivity contribution is -0.126. The standard InChI is InChI=1S/C23H28N2O4S/c1-15-14-24(22(27)23(3,4)5)21-13-18(9-12-20(21)25(15)16(2)26)17-7-10-19(11-8-17)30(6,28)29/h7-13,15H,14H2,1-6H3/t15-/m0/s1. The Labute approximate surface area is 178 Å². The van der Waals surface area contributed by atoms with Crippen molar-refractivity contribution in [1.29, 1.82) is 0 Å². The van der Waals surface area contributed by atoms with Gasteiger partial charge in [0.25, 0.3) is 0 Å². The summed E-state index contributed by atoms with van der Waals surface area (Å²) in [6.07, 6.45) is 1.18. The number of rotatable bonds is 2. The quantitative estimate of drug-likeness (QED) is 0.727. The number of sulfone groups is 1. The number of fused-ring (bicyclic) bond motifs is 1. The Bertz CT molecular complexity index is 1100. The molecule has 0 aromatic heterocycles. The van der Waals surface area contributed by atoms with Gasteiger partial charge in [0, 0.05) is 25.1 Å². The molecule has 1 atom stereocenters. The van der Waals surface area contributed by atoms with Crippen molar-refractivity contribution in [2.45, 2.75) is 45.6 Å². The predicted octanol–water partition coefficient (Wildman–Crippen LogP) is 3.89. The molecule has 160 valence electrons. The monoisotopic (exact) mass is 428 g/mol. The molecule has 0 fully saturated rings. The molecule has 0 saturated heterocycles. The Hall–Kier alpha value is -2.67. The topological polar surface area (TPSA) is 74.8 Å². The molecule has 1 aliphatic heterocycles. The molecule has 0 radical (unpaired) electrons. The van der Waals surface area contributed by atoms with E-state index in [4.69, 9.17) is 0 Å². The molecule has 2 amide bonds. The fourth-order valence-corrected chi connectivity index (χ4v) is 4.41. The highest BCUT2D eigenvalue weighted by atomic mass is 32.2. The van der Waals surface area contributed by atoms with E-state index in [0.29, 0.717) is 17.9 Å². The first-order valence-electron chi connectivity index (χ1n) is 9.87. The molecule has 7 heteroatoms. The van der Waals surface area contributed by atoms with Crippen molar-refractivity contribution < 1.29 is 18.0 Å². The van der Waals surface area contributed by atoms with Crippen molar-refractivity contribution in [1.82, 2.24) is 0 Å². The first-order valence-corrected chi connectivity index (χ1v) is 11.8. The molecule has 1 heterocycles. The second kappa shape index (κ2) is 7.54. The lowest BCUT2D eigenvalue weighted by atomic mass is 9.92. The number of carbonyl (C=O) groups excluding carboxylic acids is 2. The van der Waals surface area contributed by atoms with Gasteiger partial charge in [0.15, 0.2) is 9.84 Å². The van der Waals surface area contributed by atoms with Crippen LogP contribution in [-0.2, 0) is 19.4 Å². The van der Waals surface area contributed by atoms with Crippen molar-refractivity contribution in [3.8, 4) is 11.1 Å². The predicted molar refractivity (Wildman–Crippen MR) is 119 cm³/mol. The summed E-state index contributed by atoms with van der Waals surface area (Å²) in [5.74, 6) is -0.0831. The van der Waals surface area contributed by atoms with Gasteiger partial charge in [-0.1, -0.05) is 39.0 Å². The SMILES string of the molecule is CC(=O)N1c2ccc(-c3ccc(S(C)(=O)=O)cc3)cc2N(C(=O)C(C)(C)C)C[C@@H]1C. The number of carbonyl (C=O) groups is 2. The van der Waals surface area contributed by atoms with E-state index in [2.05, 4.69) is 0 Å². The summed E-state index contributed by atoms with van der Waals surface area (Å²) in [6.45, 7) is 9.52. The van der Waals surface area contributed by atoms with Gasteiger partial charge >= 0.3 is 0 Å². The van der Waals surface area contributed by atoms with E-state index >= 15 is 0 Å². The van der Waals surface area contributed by atoms with Crippen LogP contribution in [0.15, 0.2) is 47.4 Å². The van der Waals surface area contributed by atoms with Crippen molar-refractivity contribution in [2.24, 2.45) is 5.41 Å². The molecular weight excluding hydrogens is 400 g/mol. The van der Waals surface area contributed by atoms with Gasteiger partial charge in [-0.2, -0.15) is 0 Å². The Morgan fingerprint density at radius 1 is 0.967 bits per heavy atom. The maximum Gasteiger partial charge on any atom is 0.232 e. The number of nitrogens with zero attached hydrogens (tertiary/aromatic N) is 2. The largest absolute Gasteiger partial charge is 0.308 e. The molecule has 6 nitrogen and oxygen atoms in total. The Morgan fingerprint density at radius 2 is 1.53 bits per heavy atom. The highest BCUT2D eigenvalue weighted by molar-refractivity contribution is 7.90. The van der Waals surface area contributed by atoms with Crippen LogP contribution in [0.2, 0.25) is 0 Å². The maximum atomic E-state index is 13.2. The summed E-state index contributed by atoms with van der Waals surface area (Å²) in [6, 6.07) is 12.2. The molecule has 0 saturated carbocycles. The summed E-state index contributed by atoms with van der Waals surface area (Å²) in [5, 5.41) is 0. The molecule has 1 aliphatic rings. The smallest absolute Gasteiger partial charge is 0.232 e. The van der Waals surface area contributed by atoms with Crippen LogP contribution >= 0.6 is 0 Å². The highest BCUT2D eigenvalue weighted by Crippen LogP contribution is 2.40. The molecule has 0 spiro atoms. The fraction of sp³-hybridized carbons (Fsp3) is 0.391. The second-order valence-corrected chi connectivity index (χ2v) is 10.9. The normalized spacial score (nSPS) is 16.9. The molecule has 0 aliphatic carbocycles. The van der Waals surface area contributed by atoms with Gasteiger partial charge in [-0.05, 0) is 42.3 Å². The van der Waals surface area contributed by atoms with Crippen LogP contribution in [0.4, 0.5) is 11.4 Å². The summed E-state index contributed by atoms with van der Waals surface area (Å²) < 4.78 is 23.5. The van der Waals surface area contributed by atoms with E-state index in [1.54, 1.807) is 34.1 Å². The van der Waals surface area contributed by atoms with Crippen LogP contribution in [0.1, 0.15) is 34.6 Å². The molecule has 2 aromatic carbocycles. The first kappa shape index (κ1) is 22.0. The number of amides is 2. The van der Waals surface area contributed by atoms with Crippen LogP contribution in [0.5, 0.6) is 0 Å². The van der Waals surface area contributed by atoms with E-state index in [1.165, 1.54) is 13.2 Å². The van der Waals surface area contributed by atoms with Crippen LogP contribution in [0.25, 0.3) is 11.1 Å². The van der Waals surface area contributed by atoms with Gasteiger partial charge in [-0.15, -0.1) is 0 Å². The van der Waals surface area contributed by atoms with Crippen molar-refractivity contribution in [3.63, 3.8) is 0 Å². The molecule has 0 N–H and O–H groups in total. The Balaban J connectivity index is 2.13. The molecular formula is C23H28N2O4S. The van der Waals surface area contributed by atoms with Crippen LogP contribution < -0.4 is 9.80 Å². The zero-order valence-corrected chi connectivity index (χ0v) is 19.1. The minimum atomic E-state index is -3.27. The van der Waals surface area contributed by atoms with E-state index in [-0.39, 0.29) is 22.8 Å². The third-order valence-electron chi connectivity index (χ3n) is 5.26. The summed E-state index contributed by atoms with van der Waals surface area (Å²) in [7, 11) is -3.27. The van der Waals surface area contributed by atoms with Crippen LogP contribution in [0.3, 0.4) is 0 Å². The minimum Gasteiger partial charge on any atom is -0.308 e. The van der Waals surface area contributed by atoms with E-state index in [9.17, 15) is 18.0 Å². The molecule has 0 unspecified atom stereocenters. The lowest BCUT2D eigenvalue weighted by Crippen LogP contribution is -2.53. The Morgan fingerprint density at radius 3 is 2.03 bits per heavy atom. The summed E-state index contributed by atoms with van der Waals surface area (Å²) in [4.78, 5) is 29.2. The molecule has 30 heavy (non-hydrogen) atoms. The van der Waals surface area contributed by atoms with Gasteiger partial charge in [-0.3, -0.25) is 9.59 Å². The zero-order chi connectivity index (χ0) is 22.4. The maximum absolute atomic E-state index is 13.2. The summed E-state index contributed by atoms with van der Waals surface area (Å²) in [5.41, 5.74) is 2.51. The van der Waals surface area contributed by atoms with Crippen LogP contribution in [0, 0.1) is 5.41 Å².